The van der Waals surface area contributed by atoms with Gasteiger partial charge in [-0.25, -0.2) is 4.79 Å². The maximum atomic E-state index is 10.9. The van der Waals surface area contributed by atoms with E-state index in [9.17, 15) is 4.79 Å². The minimum absolute atomic E-state index is 0.398. The van der Waals surface area contributed by atoms with Gasteiger partial charge in [0.15, 0.2) is 0 Å². The minimum Gasteiger partial charge on any atom is -0.477 e. The summed E-state index contributed by atoms with van der Waals surface area (Å²) in [5.74, 6) is -0.853. The van der Waals surface area contributed by atoms with E-state index in [1.54, 1.807) is 18.5 Å². The largest absolute Gasteiger partial charge is 0.477 e. The second-order valence-electron chi connectivity index (χ2n) is 4.23. The topological polar surface area (TPSA) is 53.4 Å². The third-order valence-corrected chi connectivity index (χ3v) is 3.91. The predicted molar refractivity (Wildman–Crippen MR) is 75.3 cm³/mol. The molecule has 0 aliphatic rings. The second-order valence-corrected chi connectivity index (χ2v) is 5.40. The smallest absolute Gasteiger partial charge is 0.345 e. The number of rotatable bonds is 6. The van der Waals surface area contributed by atoms with E-state index in [2.05, 4.69) is 16.8 Å². The average Bonchev–Trinajstić information content (AvgIpc) is 2.88. The monoisotopic (exact) mass is 276 g/mol. The molecule has 0 saturated carbocycles. The standard InChI is InChI=1S/C14H16N2O2S/c1-2-16(9-11-5-7-15-8-6-11)10-12-3-4-13(19-12)14(17)18/h3-8H,2,9-10H2,1H3,(H,17,18). The number of hydrogen-bond acceptors (Lipinski definition) is 4. The number of aromatic nitrogens is 1. The Kier molecular flexibility index (Phi) is 4.65. The van der Waals surface area contributed by atoms with Crippen LogP contribution < -0.4 is 0 Å². The molecule has 19 heavy (non-hydrogen) atoms. The number of hydrogen-bond donors (Lipinski definition) is 1. The highest BCUT2D eigenvalue weighted by molar-refractivity contribution is 7.13. The summed E-state index contributed by atoms with van der Waals surface area (Å²) in [5, 5.41) is 8.91. The van der Waals surface area contributed by atoms with Crippen molar-refractivity contribution < 1.29 is 9.90 Å². The van der Waals surface area contributed by atoms with Gasteiger partial charge in [-0.05, 0) is 36.4 Å². The third-order valence-electron chi connectivity index (χ3n) is 2.85. The van der Waals surface area contributed by atoms with Crippen LogP contribution in [0.15, 0.2) is 36.7 Å². The number of carboxylic acids is 1. The molecule has 0 aromatic carbocycles. The zero-order chi connectivity index (χ0) is 13.7. The van der Waals surface area contributed by atoms with Crippen LogP contribution in [0.25, 0.3) is 0 Å². The summed E-state index contributed by atoms with van der Waals surface area (Å²) in [7, 11) is 0. The highest BCUT2D eigenvalue weighted by Crippen LogP contribution is 2.19. The number of pyridine rings is 1. The lowest BCUT2D eigenvalue weighted by Gasteiger charge is -2.19. The predicted octanol–water partition coefficient (Wildman–Crippen LogP) is 2.86. The number of nitrogens with zero attached hydrogens (tertiary/aromatic N) is 2. The van der Waals surface area contributed by atoms with E-state index in [-0.39, 0.29) is 0 Å². The molecule has 2 heterocycles. The van der Waals surface area contributed by atoms with Gasteiger partial charge in [0, 0.05) is 30.4 Å². The zero-order valence-electron chi connectivity index (χ0n) is 10.7. The first-order chi connectivity index (χ1) is 9.19. The van der Waals surface area contributed by atoms with E-state index < -0.39 is 5.97 Å². The highest BCUT2D eigenvalue weighted by Gasteiger charge is 2.10. The van der Waals surface area contributed by atoms with E-state index in [0.29, 0.717) is 4.88 Å². The Balaban J connectivity index is 2.00. The first kappa shape index (κ1) is 13.7. The van der Waals surface area contributed by atoms with Gasteiger partial charge >= 0.3 is 5.97 Å². The van der Waals surface area contributed by atoms with Crippen LogP contribution in [-0.2, 0) is 13.1 Å². The molecule has 100 valence electrons. The van der Waals surface area contributed by atoms with E-state index in [1.165, 1.54) is 16.9 Å². The van der Waals surface area contributed by atoms with Gasteiger partial charge in [-0.1, -0.05) is 6.92 Å². The van der Waals surface area contributed by atoms with Crippen LogP contribution in [-0.4, -0.2) is 27.5 Å². The van der Waals surface area contributed by atoms with E-state index in [4.69, 9.17) is 5.11 Å². The molecule has 2 rings (SSSR count). The molecule has 0 saturated heterocycles. The van der Waals surface area contributed by atoms with Crippen LogP contribution in [0.2, 0.25) is 0 Å². The normalized spacial score (nSPS) is 10.8. The summed E-state index contributed by atoms with van der Waals surface area (Å²) in [4.78, 5) is 18.6. The minimum atomic E-state index is -0.853. The maximum Gasteiger partial charge on any atom is 0.345 e. The molecule has 0 aliphatic carbocycles. The number of aromatic carboxylic acids is 1. The molecule has 0 atom stereocenters. The maximum absolute atomic E-state index is 10.9. The Morgan fingerprint density at radius 3 is 2.58 bits per heavy atom. The lowest BCUT2D eigenvalue weighted by atomic mass is 10.2. The van der Waals surface area contributed by atoms with Crippen LogP contribution in [0.3, 0.4) is 0 Å². The molecular weight excluding hydrogens is 260 g/mol. The van der Waals surface area contributed by atoms with Crippen LogP contribution in [0.4, 0.5) is 0 Å². The van der Waals surface area contributed by atoms with Crippen molar-refractivity contribution in [3.8, 4) is 0 Å². The molecule has 0 fully saturated rings. The van der Waals surface area contributed by atoms with Crippen LogP contribution in [0, 0.1) is 0 Å². The first-order valence-electron chi connectivity index (χ1n) is 6.12. The highest BCUT2D eigenvalue weighted by atomic mass is 32.1. The molecule has 0 spiro atoms. The summed E-state index contributed by atoms with van der Waals surface area (Å²) in [5.41, 5.74) is 1.21. The number of carboxylic acid groups (broad SMARTS) is 1. The molecule has 4 nitrogen and oxygen atoms in total. The summed E-state index contributed by atoms with van der Waals surface area (Å²) in [6.45, 7) is 4.64. The summed E-state index contributed by atoms with van der Waals surface area (Å²) < 4.78 is 0. The molecular formula is C14H16N2O2S. The Morgan fingerprint density at radius 2 is 2.00 bits per heavy atom. The lowest BCUT2D eigenvalue weighted by Crippen LogP contribution is -2.21. The number of thiophene rings is 1. The fourth-order valence-electron chi connectivity index (χ4n) is 1.82. The Bertz CT molecular complexity index is 539. The zero-order valence-corrected chi connectivity index (χ0v) is 11.6. The lowest BCUT2D eigenvalue weighted by molar-refractivity contribution is 0.0702. The van der Waals surface area contributed by atoms with E-state index in [0.717, 1.165) is 24.5 Å². The van der Waals surface area contributed by atoms with Gasteiger partial charge in [0.2, 0.25) is 0 Å². The van der Waals surface area contributed by atoms with Crippen LogP contribution in [0.5, 0.6) is 0 Å². The van der Waals surface area contributed by atoms with Crippen molar-refractivity contribution in [1.82, 2.24) is 9.88 Å². The molecule has 1 N–H and O–H groups in total. The van der Waals surface area contributed by atoms with Gasteiger partial charge < -0.3 is 5.11 Å². The van der Waals surface area contributed by atoms with Gasteiger partial charge in [0.1, 0.15) is 4.88 Å². The van der Waals surface area contributed by atoms with E-state index >= 15 is 0 Å². The molecule has 0 amide bonds. The quantitative estimate of drug-likeness (QED) is 0.881. The van der Waals surface area contributed by atoms with Crippen molar-refractivity contribution in [3.63, 3.8) is 0 Å². The molecule has 5 heteroatoms. The summed E-state index contributed by atoms with van der Waals surface area (Å²) in [6.07, 6.45) is 3.58. The number of carbonyl (C=O) groups is 1. The van der Waals surface area contributed by atoms with Gasteiger partial charge in [-0.3, -0.25) is 9.88 Å². The fourth-order valence-corrected chi connectivity index (χ4v) is 2.71. The molecule has 0 unspecified atom stereocenters. The first-order valence-corrected chi connectivity index (χ1v) is 6.94. The third kappa shape index (κ3) is 3.87. The van der Waals surface area contributed by atoms with Crippen molar-refractivity contribution >= 4 is 17.3 Å². The molecule has 0 bridgehead atoms. The van der Waals surface area contributed by atoms with Crippen molar-refractivity contribution in [2.24, 2.45) is 0 Å². The van der Waals surface area contributed by atoms with Gasteiger partial charge in [0.25, 0.3) is 0 Å². The fraction of sp³-hybridized carbons (Fsp3) is 0.286. The van der Waals surface area contributed by atoms with Crippen molar-refractivity contribution in [1.29, 1.82) is 0 Å². The molecule has 0 aliphatic heterocycles. The van der Waals surface area contributed by atoms with Crippen LogP contribution in [0.1, 0.15) is 27.0 Å². The SMILES string of the molecule is CCN(Cc1ccncc1)Cc1ccc(C(=O)O)s1. The van der Waals surface area contributed by atoms with E-state index in [1.807, 2.05) is 18.2 Å². The van der Waals surface area contributed by atoms with Gasteiger partial charge in [-0.2, -0.15) is 0 Å². The van der Waals surface area contributed by atoms with Crippen molar-refractivity contribution in [2.45, 2.75) is 20.0 Å². The van der Waals surface area contributed by atoms with Crippen LogP contribution >= 0.6 is 11.3 Å². The van der Waals surface area contributed by atoms with Crippen molar-refractivity contribution in [3.05, 3.63) is 52.0 Å². The molecule has 2 aromatic heterocycles. The van der Waals surface area contributed by atoms with Crippen molar-refractivity contribution in [2.75, 3.05) is 6.54 Å². The van der Waals surface area contributed by atoms with Gasteiger partial charge in [0.05, 0.1) is 0 Å². The second kappa shape index (κ2) is 6.45. The summed E-state index contributed by atoms with van der Waals surface area (Å²) >= 11 is 1.34. The molecule has 0 radical (unpaired) electrons. The average molecular weight is 276 g/mol. The van der Waals surface area contributed by atoms with Gasteiger partial charge in [-0.15, -0.1) is 11.3 Å². The Morgan fingerprint density at radius 1 is 1.26 bits per heavy atom. The Labute approximate surface area is 116 Å². The molecule has 2 aromatic rings. The summed E-state index contributed by atoms with van der Waals surface area (Å²) in [6, 6.07) is 7.56. The Hall–Kier alpha value is -1.72.